The van der Waals surface area contributed by atoms with Crippen LogP contribution in [0.25, 0.3) is 0 Å². The predicted molar refractivity (Wildman–Crippen MR) is 153 cm³/mol. The molecule has 1 spiro atoms. The lowest BCUT2D eigenvalue weighted by Crippen LogP contribution is -2.76. The van der Waals surface area contributed by atoms with Gasteiger partial charge >= 0.3 is 35.8 Å². The Balaban J connectivity index is 2.17. The summed E-state index contributed by atoms with van der Waals surface area (Å²) in [5.74, 6) is -8.33. The van der Waals surface area contributed by atoms with Crippen molar-refractivity contribution in [2.45, 2.75) is 89.4 Å². The van der Waals surface area contributed by atoms with Crippen LogP contribution < -0.4 is 0 Å². The first-order chi connectivity index (χ1) is 22.0. The SMILES string of the molecule is COCC1=C[C@@H]2OC(=O)[C@H](C)[C@@]2(O)[C@@H](OC(C)=O)[C@H]2[C@@]3(CO3)[C@H](OC(C)=O)[C@H](OC(C)=O)[C@H](OC(C)=O)[C@]2(C)[C@@H](OC(=O)CO)C=C1. The van der Waals surface area contributed by atoms with Gasteiger partial charge in [-0.25, -0.2) is 4.79 Å². The average Bonchev–Trinajstić information content (AvgIpc) is 3.73. The maximum atomic E-state index is 13.2. The van der Waals surface area contributed by atoms with Gasteiger partial charge in [-0.05, 0) is 24.6 Å². The van der Waals surface area contributed by atoms with Gasteiger partial charge in [-0.2, -0.15) is 0 Å². The minimum atomic E-state index is -2.38. The molecular formula is C31H40O16. The van der Waals surface area contributed by atoms with E-state index in [1.54, 1.807) is 0 Å². The average molecular weight is 669 g/mol. The van der Waals surface area contributed by atoms with Crippen molar-refractivity contribution in [2.24, 2.45) is 17.3 Å². The summed E-state index contributed by atoms with van der Waals surface area (Å²) in [5.41, 5.74) is -5.74. The van der Waals surface area contributed by atoms with Crippen molar-refractivity contribution in [1.29, 1.82) is 0 Å². The van der Waals surface area contributed by atoms with Gasteiger partial charge < -0.3 is 48.1 Å². The molecule has 0 bridgehead atoms. The van der Waals surface area contributed by atoms with Crippen LogP contribution in [0.3, 0.4) is 0 Å². The Morgan fingerprint density at radius 2 is 1.47 bits per heavy atom. The lowest BCUT2D eigenvalue weighted by atomic mass is 9.51. The molecule has 11 atom stereocenters. The summed E-state index contributed by atoms with van der Waals surface area (Å²) in [4.78, 5) is 76.7. The van der Waals surface area contributed by atoms with E-state index in [-0.39, 0.29) is 13.2 Å². The zero-order valence-corrected chi connectivity index (χ0v) is 27.1. The van der Waals surface area contributed by atoms with Crippen LogP contribution in [-0.2, 0) is 66.7 Å². The molecule has 0 aromatic carbocycles. The van der Waals surface area contributed by atoms with E-state index in [1.165, 1.54) is 39.2 Å². The van der Waals surface area contributed by atoms with Crippen LogP contribution >= 0.6 is 0 Å². The van der Waals surface area contributed by atoms with Crippen molar-refractivity contribution < 1.29 is 76.9 Å². The molecule has 0 radical (unpaired) electrons. The lowest BCUT2D eigenvalue weighted by Gasteiger charge is -2.59. The molecule has 2 aliphatic carbocycles. The topological polar surface area (TPSA) is 220 Å². The van der Waals surface area contributed by atoms with E-state index in [9.17, 15) is 39.0 Å². The Kier molecular flexibility index (Phi) is 10.2. The van der Waals surface area contributed by atoms with E-state index in [2.05, 4.69) is 0 Å². The zero-order chi connectivity index (χ0) is 35.1. The molecule has 2 N–H and O–H groups in total. The van der Waals surface area contributed by atoms with Gasteiger partial charge in [0.15, 0.2) is 30.0 Å². The summed E-state index contributed by atoms with van der Waals surface area (Å²) < 4.78 is 45.8. The smallest absolute Gasteiger partial charge is 0.332 e. The van der Waals surface area contributed by atoms with E-state index < -0.39 is 107 Å². The number of methoxy groups -OCH3 is 1. The van der Waals surface area contributed by atoms with E-state index in [1.807, 2.05) is 0 Å². The monoisotopic (exact) mass is 668 g/mol. The van der Waals surface area contributed by atoms with E-state index in [0.717, 1.165) is 27.7 Å². The number of hydrogen-bond donors (Lipinski definition) is 2. The number of carbonyl (C=O) groups excluding carboxylic acids is 6. The van der Waals surface area contributed by atoms with E-state index in [4.69, 9.17) is 37.9 Å². The predicted octanol–water partition coefficient (Wildman–Crippen LogP) is -0.542. The standard InChI is InChI=1S/C31H40O16/c1-14-28(38)47-21-10-19(12-40-7)8-9-20(46-22(37)11-32)29(6)24(27(31(14,21)39)45-18(5)36)30(13-41-30)26(44-17(4)35)23(42-15(2)33)25(29)43-16(3)34/h8-10,14,20-21,23-27,32,39H,11-13H2,1-7H3/t14-,20-,21-,23+,24+,25-,26+,27-,29+,30-,31-/m0/s1. The number of aliphatic hydroxyl groups is 2. The number of epoxide rings is 1. The molecule has 47 heavy (non-hydrogen) atoms. The van der Waals surface area contributed by atoms with Crippen molar-refractivity contribution in [2.75, 3.05) is 26.9 Å². The van der Waals surface area contributed by atoms with Crippen LogP contribution in [0.5, 0.6) is 0 Å². The molecular weight excluding hydrogens is 628 g/mol. The van der Waals surface area contributed by atoms with Gasteiger partial charge in [-0.3, -0.25) is 24.0 Å². The maximum Gasteiger partial charge on any atom is 0.332 e. The summed E-state index contributed by atoms with van der Waals surface area (Å²) in [6.07, 6.45) is -5.37. The molecule has 2 heterocycles. The van der Waals surface area contributed by atoms with Crippen LogP contribution in [0.4, 0.5) is 0 Å². The largest absolute Gasteiger partial charge is 0.459 e. The molecule has 0 aromatic heterocycles. The second-order valence-corrected chi connectivity index (χ2v) is 12.3. The molecule has 4 rings (SSSR count). The Labute approximate surface area is 270 Å². The molecule has 16 heteroatoms. The first-order valence-electron chi connectivity index (χ1n) is 14.9. The van der Waals surface area contributed by atoms with Gasteiger partial charge in [0.05, 0.1) is 24.5 Å². The summed E-state index contributed by atoms with van der Waals surface area (Å²) in [5, 5.41) is 22.4. The quantitative estimate of drug-likeness (QED) is 0.188. The van der Waals surface area contributed by atoms with Gasteiger partial charge in [-0.1, -0.05) is 13.0 Å². The third kappa shape index (κ3) is 6.38. The third-order valence-electron chi connectivity index (χ3n) is 9.21. The Morgan fingerprint density at radius 3 is 1.98 bits per heavy atom. The second-order valence-electron chi connectivity index (χ2n) is 12.3. The number of esters is 6. The minimum Gasteiger partial charge on any atom is -0.459 e. The summed E-state index contributed by atoms with van der Waals surface area (Å²) >= 11 is 0. The first-order valence-corrected chi connectivity index (χ1v) is 14.9. The van der Waals surface area contributed by atoms with Gasteiger partial charge in [0.25, 0.3) is 0 Å². The van der Waals surface area contributed by atoms with Crippen LogP contribution in [0.15, 0.2) is 23.8 Å². The normalized spacial score (nSPS) is 38.9. The number of rotatable bonds is 8. The first kappa shape index (κ1) is 36.0. The lowest BCUT2D eigenvalue weighted by molar-refractivity contribution is -0.279. The molecule has 4 aliphatic rings. The van der Waals surface area contributed by atoms with Gasteiger partial charge in [0, 0.05) is 40.7 Å². The molecule has 1 saturated carbocycles. The van der Waals surface area contributed by atoms with Crippen LogP contribution in [0.2, 0.25) is 0 Å². The maximum absolute atomic E-state index is 13.2. The second kappa shape index (κ2) is 13.3. The number of fused-ring (bicyclic) bond motifs is 3. The summed E-state index contributed by atoms with van der Waals surface area (Å²) in [6, 6.07) is 0. The molecule has 0 unspecified atom stereocenters. The van der Waals surface area contributed by atoms with E-state index >= 15 is 0 Å². The fourth-order valence-corrected chi connectivity index (χ4v) is 7.27. The van der Waals surface area contributed by atoms with E-state index in [0.29, 0.717) is 5.57 Å². The van der Waals surface area contributed by atoms with Crippen molar-refractivity contribution in [3.05, 3.63) is 23.8 Å². The van der Waals surface area contributed by atoms with Crippen LogP contribution in [-0.4, -0.2) is 121 Å². The molecule has 2 aliphatic heterocycles. The van der Waals surface area contributed by atoms with Gasteiger partial charge in [0.1, 0.15) is 24.4 Å². The Morgan fingerprint density at radius 1 is 0.915 bits per heavy atom. The molecule has 16 nitrogen and oxygen atoms in total. The van der Waals surface area contributed by atoms with Crippen molar-refractivity contribution in [1.82, 2.24) is 0 Å². The highest BCUT2D eigenvalue weighted by molar-refractivity contribution is 5.78. The molecule has 0 aromatic rings. The van der Waals surface area contributed by atoms with Crippen molar-refractivity contribution >= 4 is 35.8 Å². The van der Waals surface area contributed by atoms with Gasteiger partial charge in [0.2, 0.25) is 0 Å². The van der Waals surface area contributed by atoms with Crippen molar-refractivity contribution in [3.63, 3.8) is 0 Å². The van der Waals surface area contributed by atoms with Crippen LogP contribution in [0.1, 0.15) is 41.5 Å². The molecule has 2 saturated heterocycles. The highest BCUT2D eigenvalue weighted by Gasteiger charge is 2.81. The minimum absolute atomic E-state index is 0.0981. The molecule has 260 valence electrons. The van der Waals surface area contributed by atoms with Crippen LogP contribution in [0, 0.1) is 17.3 Å². The fraction of sp³-hybridized carbons (Fsp3) is 0.677. The number of ether oxygens (including phenoxy) is 8. The highest BCUT2D eigenvalue weighted by atomic mass is 16.7. The molecule has 0 amide bonds. The van der Waals surface area contributed by atoms with Crippen molar-refractivity contribution in [3.8, 4) is 0 Å². The number of hydrogen-bond acceptors (Lipinski definition) is 16. The zero-order valence-electron chi connectivity index (χ0n) is 27.1. The Bertz CT molecular complexity index is 1360. The third-order valence-corrected chi connectivity index (χ3v) is 9.21. The van der Waals surface area contributed by atoms with Gasteiger partial charge in [-0.15, -0.1) is 0 Å². The number of carbonyl (C=O) groups is 6. The molecule has 3 fully saturated rings. The fourth-order valence-electron chi connectivity index (χ4n) is 7.27. The summed E-state index contributed by atoms with van der Waals surface area (Å²) in [7, 11) is 1.39. The highest BCUT2D eigenvalue weighted by Crippen LogP contribution is 2.63. The number of aliphatic hydroxyl groups excluding tert-OH is 1. The Hall–Kier alpha value is -3.86. The summed E-state index contributed by atoms with van der Waals surface area (Å²) in [6.45, 7) is 5.67.